The molecule has 2 rings (SSSR count). The second-order valence-corrected chi connectivity index (χ2v) is 3.74. The van der Waals surface area contributed by atoms with E-state index in [-0.39, 0.29) is 22.6 Å². The number of ether oxygens (including phenoxy) is 1. The number of fused-ring (bicyclic) bond motifs is 1. The molecule has 0 fully saturated rings. The van der Waals surface area contributed by atoms with Crippen molar-refractivity contribution in [2.45, 2.75) is 19.1 Å². The summed E-state index contributed by atoms with van der Waals surface area (Å²) in [4.78, 5) is 11.5. The number of carbonyl (C=O) groups is 1. The Bertz CT molecular complexity index is 630. The molecule has 18 heavy (non-hydrogen) atoms. The molecule has 1 heterocycles. The lowest BCUT2D eigenvalue weighted by Gasteiger charge is -2.29. The molecule has 6 heteroatoms. The predicted molar refractivity (Wildman–Crippen MR) is 58.2 cm³/mol. The first-order chi connectivity index (χ1) is 10.3. The molecule has 0 N–H and O–H groups in total. The maximum Gasteiger partial charge on any atom is 0.471 e. The van der Waals surface area contributed by atoms with Crippen molar-refractivity contribution < 1.29 is 29.6 Å². The zero-order chi connectivity index (χ0) is 17.6. The highest BCUT2D eigenvalue weighted by Gasteiger charge is 2.43. The maximum atomic E-state index is 12.6. The van der Waals surface area contributed by atoms with Crippen molar-refractivity contribution in [1.29, 1.82) is 0 Å². The van der Waals surface area contributed by atoms with Crippen LogP contribution in [0.2, 0.25) is 0 Å². The van der Waals surface area contributed by atoms with Gasteiger partial charge >= 0.3 is 12.1 Å². The third-order valence-corrected chi connectivity index (χ3v) is 2.54. The van der Waals surface area contributed by atoms with E-state index in [0.717, 1.165) is 12.1 Å². The van der Waals surface area contributed by atoms with Crippen LogP contribution >= 0.6 is 0 Å². The number of hydrogen-bond acceptors (Lipinski definition) is 2. The summed E-state index contributed by atoms with van der Waals surface area (Å²) in [5.74, 6) is -2.30. The number of alkyl halides is 3. The SMILES string of the molecule is [2H]C([2H])([2H])Oc1ccc2c(c1)CCN(C(=O)C(F)(F)F)C2([2H])[2H]. The molecule has 0 bridgehead atoms. The minimum Gasteiger partial charge on any atom is -0.497 e. The van der Waals surface area contributed by atoms with Crippen molar-refractivity contribution in [2.75, 3.05) is 13.6 Å². The summed E-state index contributed by atoms with van der Waals surface area (Å²) in [5.41, 5.74) is 0.169. The molecule has 0 saturated heterocycles. The fraction of sp³-hybridized carbons (Fsp3) is 0.417. The number of hydrogen-bond donors (Lipinski definition) is 0. The van der Waals surface area contributed by atoms with Crippen LogP contribution in [0.3, 0.4) is 0 Å². The van der Waals surface area contributed by atoms with Crippen molar-refractivity contribution >= 4 is 5.91 Å². The highest BCUT2D eigenvalue weighted by Crippen LogP contribution is 2.27. The molecular formula is C12H12F3NO2. The fourth-order valence-electron chi connectivity index (χ4n) is 1.69. The van der Waals surface area contributed by atoms with Crippen LogP contribution in [0.15, 0.2) is 18.2 Å². The van der Waals surface area contributed by atoms with Gasteiger partial charge in [-0.2, -0.15) is 13.2 Å². The van der Waals surface area contributed by atoms with Crippen LogP contribution in [-0.4, -0.2) is 30.6 Å². The Hall–Kier alpha value is -1.72. The van der Waals surface area contributed by atoms with Crippen molar-refractivity contribution in [3.63, 3.8) is 0 Å². The van der Waals surface area contributed by atoms with E-state index < -0.39 is 32.2 Å². The van der Waals surface area contributed by atoms with Crippen LogP contribution in [0.5, 0.6) is 5.75 Å². The Kier molecular flexibility index (Phi) is 1.92. The molecule has 0 unspecified atom stereocenters. The summed E-state index contributed by atoms with van der Waals surface area (Å²) in [6, 6.07) is 3.53. The third-order valence-electron chi connectivity index (χ3n) is 2.54. The summed E-state index contributed by atoms with van der Waals surface area (Å²) >= 11 is 0. The molecule has 1 amide bonds. The number of halogens is 3. The first-order valence-corrected chi connectivity index (χ1v) is 5.03. The molecule has 0 saturated carbocycles. The van der Waals surface area contributed by atoms with Crippen LogP contribution in [0.4, 0.5) is 13.2 Å². The molecule has 1 aliphatic rings. The average Bonchev–Trinajstić information content (AvgIpc) is 2.34. The van der Waals surface area contributed by atoms with Gasteiger partial charge in [0.2, 0.25) is 0 Å². The normalized spacial score (nSPS) is 22.8. The third kappa shape index (κ3) is 2.42. The maximum absolute atomic E-state index is 12.6. The second kappa shape index (κ2) is 4.51. The first-order valence-electron chi connectivity index (χ1n) is 7.53. The van der Waals surface area contributed by atoms with E-state index >= 15 is 0 Å². The molecule has 3 nitrogen and oxygen atoms in total. The monoisotopic (exact) mass is 264 g/mol. The van der Waals surface area contributed by atoms with Gasteiger partial charge in [-0.05, 0) is 29.7 Å². The van der Waals surface area contributed by atoms with Crippen LogP contribution in [-0.2, 0) is 17.7 Å². The predicted octanol–water partition coefficient (Wildman–Crippen LogP) is 2.14. The van der Waals surface area contributed by atoms with Gasteiger partial charge in [-0.25, -0.2) is 0 Å². The van der Waals surface area contributed by atoms with Crippen molar-refractivity contribution in [3.05, 3.63) is 29.3 Å². The Morgan fingerprint density at radius 3 is 2.94 bits per heavy atom. The van der Waals surface area contributed by atoms with E-state index in [9.17, 15) is 18.0 Å². The smallest absolute Gasteiger partial charge is 0.471 e. The van der Waals surface area contributed by atoms with Gasteiger partial charge < -0.3 is 9.64 Å². The number of carbonyl (C=O) groups excluding carboxylic acids is 1. The quantitative estimate of drug-likeness (QED) is 0.777. The summed E-state index contributed by atoms with van der Waals surface area (Å²) in [7, 11) is -2.69. The van der Waals surface area contributed by atoms with E-state index in [1.807, 2.05) is 0 Å². The van der Waals surface area contributed by atoms with Gasteiger partial charge in [0, 0.05) is 13.0 Å². The lowest BCUT2D eigenvalue weighted by molar-refractivity contribution is -0.186. The topological polar surface area (TPSA) is 29.5 Å². The minimum atomic E-state index is -5.17. The van der Waals surface area contributed by atoms with Crippen molar-refractivity contribution in [2.24, 2.45) is 0 Å². The van der Waals surface area contributed by atoms with Gasteiger partial charge in [0.15, 0.2) is 0 Å². The van der Waals surface area contributed by atoms with Crippen LogP contribution < -0.4 is 4.74 Å². The largest absolute Gasteiger partial charge is 0.497 e. The van der Waals surface area contributed by atoms with Crippen LogP contribution in [0, 0.1) is 0 Å². The van der Waals surface area contributed by atoms with Crippen molar-refractivity contribution in [3.8, 4) is 5.75 Å². The van der Waals surface area contributed by atoms with E-state index in [2.05, 4.69) is 4.74 Å². The summed E-state index contributed by atoms with van der Waals surface area (Å²) in [6.07, 6.45) is -5.22. The Morgan fingerprint density at radius 1 is 1.50 bits per heavy atom. The molecule has 1 aromatic carbocycles. The van der Waals surface area contributed by atoms with E-state index in [0.29, 0.717) is 5.56 Å². The van der Waals surface area contributed by atoms with Gasteiger partial charge in [0.05, 0.1) is 13.9 Å². The summed E-state index contributed by atoms with van der Waals surface area (Å²) in [5, 5.41) is 0. The Labute approximate surface area is 109 Å². The molecule has 0 radical (unpaired) electrons. The molecule has 0 aliphatic carbocycles. The molecule has 98 valence electrons. The average molecular weight is 264 g/mol. The highest BCUT2D eigenvalue weighted by atomic mass is 19.4. The number of rotatable bonds is 1. The van der Waals surface area contributed by atoms with Gasteiger partial charge in [0.1, 0.15) is 5.75 Å². The van der Waals surface area contributed by atoms with E-state index in [1.54, 1.807) is 0 Å². The number of amides is 1. The van der Waals surface area contributed by atoms with E-state index in [4.69, 9.17) is 6.85 Å². The van der Waals surface area contributed by atoms with Gasteiger partial charge in [-0.3, -0.25) is 4.79 Å². The lowest BCUT2D eigenvalue weighted by atomic mass is 9.99. The fourth-order valence-corrected chi connectivity index (χ4v) is 1.69. The first kappa shape index (κ1) is 7.66. The zero-order valence-corrected chi connectivity index (χ0v) is 9.04. The summed E-state index contributed by atoms with van der Waals surface area (Å²) in [6.45, 7) is -3.13. The highest BCUT2D eigenvalue weighted by molar-refractivity contribution is 5.82. The van der Waals surface area contributed by atoms with Crippen LogP contribution in [0.1, 0.15) is 18.0 Å². The standard InChI is InChI=1S/C12H12F3NO2/c1-18-10-3-2-9-7-16(5-4-8(9)6-10)11(17)12(13,14)15/h2-3,6H,4-5,7H2,1H3/i1D3,7D2. The molecule has 0 spiro atoms. The minimum absolute atomic E-state index is 0.0462. The van der Waals surface area contributed by atoms with Crippen LogP contribution in [0.25, 0.3) is 0 Å². The van der Waals surface area contributed by atoms with Gasteiger partial charge in [-0.1, -0.05) is 6.07 Å². The summed E-state index contributed by atoms with van der Waals surface area (Å²) < 4.78 is 79.1. The number of methoxy groups -OCH3 is 1. The zero-order valence-electron chi connectivity index (χ0n) is 14.0. The van der Waals surface area contributed by atoms with Gasteiger partial charge in [-0.15, -0.1) is 0 Å². The molecule has 1 aliphatic heterocycles. The molecular weight excluding hydrogens is 247 g/mol. The molecule has 0 atom stereocenters. The second-order valence-electron chi connectivity index (χ2n) is 3.74. The Balaban J connectivity index is 2.36. The van der Waals surface area contributed by atoms with Gasteiger partial charge in [0.25, 0.3) is 0 Å². The number of benzene rings is 1. The number of nitrogens with zero attached hydrogens (tertiary/aromatic N) is 1. The van der Waals surface area contributed by atoms with E-state index in [1.165, 1.54) is 6.07 Å². The lowest BCUT2D eigenvalue weighted by Crippen LogP contribution is -2.43. The van der Waals surface area contributed by atoms with Crippen molar-refractivity contribution in [1.82, 2.24) is 4.90 Å². The molecule has 1 aromatic rings. The molecule has 0 aromatic heterocycles. The Morgan fingerprint density at radius 2 is 2.28 bits per heavy atom.